The summed E-state index contributed by atoms with van der Waals surface area (Å²) in [5.74, 6) is -1.23. The van der Waals surface area contributed by atoms with Crippen molar-refractivity contribution in [3.63, 3.8) is 0 Å². The highest BCUT2D eigenvalue weighted by Crippen LogP contribution is 2.18. The van der Waals surface area contributed by atoms with Gasteiger partial charge in [0.1, 0.15) is 11.6 Å². The number of carboxylic acid groups (broad SMARTS) is 1. The van der Waals surface area contributed by atoms with Gasteiger partial charge in [0.25, 0.3) is 0 Å². The van der Waals surface area contributed by atoms with Crippen LogP contribution in [-0.4, -0.2) is 23.7 Å². The molecule has 0 spiro atoms. The minimum absolute atomic E-state index is 0.247. The molecule has 0 amide bonds. The van der Waals surface area contributed by atoms with Crippen LogP contribution in [0.3, 0.4) is 0 Å². The molecule has 0 radical (unpaired) electrons. The average Bonchev–Trinajstić information content (AvgIpc) is 2.32. The molecule has 0 aliphatic rings. The van der Waals surface area contributed by atoms with Crippen molar-refractivity contribution in [2.45, 2.75) is 32.9 Å². The Morgan fingerprint density at radius 1 is 1.44 bits per heavy atom. The summed E-state index contributed by atoms with van der Waals surface area (Å²) in [4.78, 5) is 10.8. The first-order valence-corrected chi connectivity index (χ1v) is 5.96. The van der Waals surface area contributed by atoms with Crippen LogP contribution in [-0.2, 0) is 11.3 Å². The molecule has 0 saturated heterocycles. The number of halogens is 1. The van der Waals surface area contributed by atoms with E-state index in [1.54, 1.807) is 13.0 Å². The van der Waals surface area contributed by atoms with Gasteiger partial charge in [-0.05, 0) is 30.7 Å². The highest BCUT2D eigenvalue weighted by molar-refractivity contribution is 5.72. The zero-order chi connectivity index (χ0) is 13.5. The zero-order valence-electron chi connectivity index (χ0n) is 10.6. The molecule has 5 heteroatoms. The normalized spacial score (nSPS) is 12.2. The van der Waals surface area contributed by atoms with Crippen LogP contribution >= 0.6 is 0 Å². The van der Waals surface area contributed by atoms with E-state index in [4.69, 9.17) is 9.84 Å². The summed E-state index contributed by atoms with van der Waals surface area (Å²) in [7, 11) is 0. The molecule has 0 heterocycles. The number of benzene rings is 1. The minimum atomic E-state index is -1.05. The molecule has 2 N–H and O–H groups in total. The van der Waals surface area contributed by atoms with Crippen LogP contribution in [0.5, 0.6) is 5.75 Å². The van der Waals surface area contributed by atoms with E-state index < -0.39 is 17.9 Å². The lowest BCUT2D eigenvalue weighted by molar-refractivity contribution is -0.145. The summed E-state index contributed by atoms with van der Waals surface area (Å²) in [6.45, 7) is 4.96. The molecule has 1 rings (SSSR count). The lowest BCUT2D eigenvalue weighted by atomic mass is 10.2. The number of rotatable bonds is 7. The van der Waals surface area contributed by atoms with Crippen LogP contribution in [0.2, 0.25) is 0 Å². The molecule has 0 bridgehead atoms. The summed E-state index contributed by atoms with van der Waals surface area (Å²) in [5, 5.41) is 12.0. The van der Waals surface area contributed by atoms with Crippen molar-refractivity contribution < 1.29 is 19.0 Å². The van der Waals surface area contributed by atoms with E-state index >= 15 is 0 Å². The van der Waals surface area contributed by atoms with Crippen molar-refractivity contribution in [2.75, 3.05) is 6.54 Å². The topological polar surface area (TPSA) is 58.6 Å². The van der Waals surface area contributed by atoms with Gasteiger partial charge in [0.2, 0.25) is 0 Å². The molecule has 0 fully saturated rings. The zero-order valence-corrected chi connectivity index (χ0v) is 10.6. The highest BCUT2D eigenvalue weighted by Gasteiger charge is 2.17. The summed E-state index contributed by atoms with van der Waals surface area (Å²) in [6, 6.07) is 4.25. The summed E-state index contributed by atoms with van der Waals surface area (Å²) >= 11 is 0. The van der Waals surface area contributed by atoms with E-state index in [-0.39, 0.29) is 5.75 Å². The molecule has 18 heavy (non-hydrogen) atoms. The summed E-state index contributed by atoms with van der Waals surface area (Å²) < 4.78 is 18.6. The number of carbonyl (C=O) groups is 1. The molecule has 0 saturated carbocycles. The molecule has 0 aliphatic carbocycles. The van der Waals surface area contributed by atoms with Crippen LogP contribution < -0.4 is 10.1 Å². The molecule has 1 unspecified atom stereocenters. The third-order valence-corrected chi connectivity index (χ3v) is 2.43. The first kappa shape index (κ1) is 14.4. The van der Waals surface area contributed by atoms with Gasteiger partial charge in [-0.15, -0.1) is 0 Å². The Morgan fingerprint density at radius 3 is 2.72 bits per heavy atom. The Balaban J connectivity index is 2.81. The maximum Gasteiger partial charge on any atom is 0.344 e. The van der Waals surface area contributed by atoms with Crippen LogP contribution in [0.4, 0.5) is 4.39 Å². The number of hydrogen-bond acceptors (Lipinski definition) is 3. The predicted molar refractivity (Wildman–Crippen MR) is 66.1 cm³/mol. The highest BCUT2D eigenvalue weighted by atomic mass is 19.1. The van der Waals surface area contributed by atoms with E-state index in [1.807, 2.05) is 6.92 Å². The third-order valence-electron chi connectivity index (χ3n) is 2.43. The van der Waals surface area contributed by atoms with Gasteiger partial charge in [0.15, 0.2) is 6.10 Å². The summed E-state index contributed by atoms with van der Waals surface area (Å²) in [5.41, 5.74) is 0.729. The van der Waals surface area contributed by atoms with E-state index in [2.05, 4.69) is 5.32 Å². The van der Waals surface area contributed by atoms with Gasteiger partial charge in [0, 0.05) is 12.6 Å². The first-order valence-electron chi connectivity index (χ1n) is 5.96. The second kappa shape index (κ2) is 6.96. The average molecular weight is 255 g/mol. The van der Waals surface area contributed by atoms with Crippen molar-refractivity contribution in [3.05, 3.63) is 29.6 Å². The van der Waals surface area contributed by atoms with Gasteiger partial charge < -0.3 is 15.2 Å². The minimum Gasteiger partial charge on any atom is -0.479 e. The molecular formula is C13H18FNO3. The lowest BCUT2D eigenvalue weighted by Gasteiger charge is -2.14. The largest absolute Gasteiger partial charge is 0.479 e. The van der Waals surface area contributed by atoms with Crippen LogP contribution in [0.15, 0.2) is 18.2 Å². The van der Waals surface area contributed by atoms with Crippen LogP contribution in [0, 0.1) is 5.82 Å². The maximum absolute atomic E-state index is 13.4. The fourth-order valence-corrected chi connectivity index (χ4v) is 1.53. The smallest absolute Gasteiger partial charge is 0.344 e. The van der Waals surface area contributed by atoms with Crippen molar-refractivity contribution in [3.8, 4) is 5.75 Å². The second-order valence-corrected chi connectivity index (χ2v) is 3.93. The van der Waals surface area contributed by atoms with E-state index in [1.165, 1.54) is 12.1 Å². The first-order chi connectivity index (χ1) is 8.56. The quantitative estimate of drug-likeness (QED) is 0.784. The predicted octanol–water partition coefficient (Wildman–Crippen LogP) is 2.18. The van der Waals surface area contributed by atoms with Gasteiger partial charge >= 0.3 is 5.97 Å². The molecule has 0 aromatic heterocycles. The third kappa shape index (κ3) is 4.33. The van der Waals surface area contributed by atoms with E-state index in [0.717, 1.165) is 12.1 Å². The van der Waals surface area contributed by atoms with Crippen molar-refractivity contribution in [1.82, 2.24) is 5.32 Å². The van der Waals surface area contributed by atoms with Gasteiger partial charge in [-0.2, -0.15) is 0 Å². The Hall–Kier alpha value is -1.62. The van der Waals surface area contributed by atoms with Crippen molar-refractivity contribution in [1.29, 1.82) is 0 Å². The number of hydrogen-bond donors (Lipinski definition) is 2. The fraction of sp³-hybridized carbons (Fsp3) is 0.462. The number of ether oxygens (including phenoxy) is 1. The number of carboxylic acids is 1. The van der Waals surface area contributed by atoms with Gasteiger partial charge in [0.05, 0.1) is 0 Å². The molecule has 0 aliphatic heterocycles. The van der Waals surface area contributed by atoms with Crippen LogP contribution in [0.25, 0.3) is 0 Å². The lowest BCUT2D eigenvalue weighted by Crippen LogP contribution is -2.26. The monoisotopic (exact) mass is 255 g/mol. The number of nitrogens with one attached hydrogen (secondary N) is 1. The fourth-order valence-electron chi connectivity index (χ4n) is 1.53. The molecule has 1 aromatic rings. The Kier molecular flexibility index (Phi) is 5.58. The van der Waals surface area contributed by atoms with E-state index in [0.29, 0.717) is 13.0 Å². The van der Waals surface area contributed by atoms with Gasteiger partial charge in [-0.3, -0.25) is 0 Å². The molecule has 1 aromatic carbocycles. The van der Waals surface area contributed by atoms with Crippen molar-refractivity contribution in [2.24, 2.45) is 0 Å². The van der Waals surface area contributed by atoms with Crippen LogP contribution in [0.1, 0.15) is 25.8 Å². The molecule has 1 atom stereocenters. The number of aliphatic carboxylic acids is 1. The molecular weight excluding hydrogens is 237 g/mol. The van der Waals surface area contributed by atoms with Gasteiger partial charge in [-0.1, -0.05) is 13.8 Å². The maximum atomic E-state index is 13.4. The Bertz CT molecular complexity index is 409. The Labute approximate surface area is 106 Å². The van der Waals surface area contributed by atoms with Crippen molar-refractivity contribution >= 4 is 5.97 Å². The standard InChI is InChI=1S/C13H18FNO3/c1-3-12(13(16)17)18-11-6-9(8-15-4-2)5-10(14)7-11/h5-7,12,15H,3-4,8H2,1-2H3,(H,16,17). The Morgan fingerprint density at radius 2 is 2.17 bits per heavy atom. The van der Waals surface area contributed by atoms with Gasteiger partial charge in [-0.25, -0.2) is 9.18 Å². The molecule has 100 valence electrons. The molecule has 4 nitrogen and oxygen atoms in total. The van der Waals surface area contributed by atoms with E-state index in [9.17, 15) is 9.18 Å². The second-order valence-electron chi connectivity index (χ2n) is 3.93. The summed E-state index contributed by atoms with van der Waals surface area (Å²) in [6.07, 6.45) is -0.618. The SMILES string of the molecule is CCNCc1cc(F)cc(OC(CC)C(=O)O)c1.